The highest BCUT2D eigenvalue weighted by molar-refractivity contribution is 5.76. The van der Waals surface area contributed by atoms with Gasteiger partial charge >= 0.3 is 5.97 Å². The summed E-state index contributed by atoms with van der Waals surface area (Å²) in [6.45, 7) is 13.9. The van der Waals surface area contributed by atoms with Gasteiger partial charge in [0.25, 0.3) is 0 Å². The summed E-state index contributed by atoms with van der Waals surface area (Å²) in [5.74, 6) is 1.29. The van der Waals surface area contributed by atoms with Crippen LogP contribution < -0.4 is 0 Å². The minimum absolute atomic E-state index is 0.157. The maximum atomic E-state index is 14.5. The van der Waals surface area contributed by atoms with Crippen molar-refractivity contribution in [3.63, 3.8) is 0 Å². The van der Waals surface area contributed by atoms with E-state index in [0.717, 1.165) is 51.4 Å². The number of carboxylic acids is 1. The van der Waals surface area contributed by atoms with Gasteiger partial charge in [-0.1, -0.05) is 273 Å². The molecule has 0 aliphatic rings. The Hall–Kier alpha value is -0.530. The van der Waals surface area contributed by atoms with E-state index in [4.69, 9.17) is 0 Å². The number of hydrogen-bond donors (Lipinski definition) is 1. The molecule has 323 valence electrons. The second-order valence-electron chi connectivity index (χ2n) is 18.2. The normalized spacial score (nSPS) is 12.4. The largest absolute Gasteiger partial charge is 0.481 e. The highest BCUT2D eigenvalue weighted by atomic mass is 16.4. The molecule has 0 saturated heterocycles. The molecule has 0 rings (SSSR count). The van der Waals surface area contributed by atoms with Gasteiger partial charge in [-0.05, 0) is 49.9 Å². The summed E-state index contributed by atoms with van der Waals surface area (Å²) < 4.78 is 0. The van der Waals surface area contributed by atoms with Crippen molar-refractivity contribution in [2.75, 3.05) is 0 Å². The van der Waals surface area contributed by atoms with Gasteiger partial charge in [0.2, 0.25) is 0 Å². The van der Waals surface area contributed by atoms with Crippen LogP contribution in [0.2, 0.25) is 0 Å². The van der Waals surface area contributed by atoms with E-state index in [2.05, 4.69) is 41.5 Å². The van der Waals surface area contributed by atoms with Crippen LogP contribution in [0.15, 0.2) is 0 Å². The van der Waals surface area contributed by atoms with Crippen LogP contribution in [0, 0.1) is 16.7 Å². The van der Waals surface area contributed by atoms with E-state index < -0.39 is 11.4 Å². The van der Waals surface area contributed by atoms with E-state index in [1.54, 1.807) is 5.92 Å². The summed E-state index contributed by atoms with van der Waals surface area (Å²) in [7, 11) is 0. The number of hydrogen-bond acceptors (Lipinski definition) is 1. The molecule has 0 atom stereocenters. The molecular formula is C52H103O2. The second kappa shape index (κ2) is 39.3. The summed E-state index contributed by atoms with van der Waals surface area (Å²) >= 11 is 0. The predicted molar refractivity (Wildman–Crippen MR) is 244 cm³/mol. The molecule has 0 aromatic carbocycles. The van der Waals surface area contributed by atoms with Crippen LogP contribution in [0.5, 0.6) is 0 Å². The zero-order valence-corrected chi connectivity index (χ0v) is 38.6. The molecule has 0 spiro atoms. The summed E-state index contributed by atoms with van der Waals surface area (Å²) in [6.07, 6.45) is 53.0. The molecule has 0 unspecified atom stereocenters. The summed E-state index contributed by atoms with van der Waals surface area (Å²) in [6, 6.07) is 0. The molecule has 2 nitrogen and oxygen atoms in total. The zero-order chi connectivity index (χ0) is 39.9. The minimum Gasteiger partial charge on any atom is -0.481 e. The van der Waals surface area contributed by atoms with E-state index in [1.165, 1.54) is 218 Å². The third-order valence-corrected chi connectivity index (χ3v) is 13.5. The number of aliphatic carboxylic acids is 1. The molecule has 1 radical (unpaired) electrons. The summed E-state index contributed by atoms with van der Waals surface area (Å²) in [4.78, 5) is 14.5. The van der Waals surface area contributed by atoms with Crippen molar-refractivity contribution < 1.29 is 9.90 Å². The first-order valence-electron chi connectivity index (χ1n) is 25.5. The molecule has 0 bridgehead atoms. The van der Waals surface area contributed by atoms with Gasteiger partial charge in [-0.15, -0.1) is 0 Å². The number of carboxylic acid groups (broad SMARTS) is 1. The molecule has 1 N–H and O–H groups in total. The van der Waals surface area contributed by atoms with Gasteiger partial charge in [0.05, 0.1) is 5.41 Å². The average Bonchev–Trinajstić information content (AvgIpc) is 3.17. The van der Waals surface area contributed by atoms with Gasteiger partial charge in [0, 0.05) is 0 Å². The third kappa shape index (κ3) is 25.0. The fourth-order valence-corrected chi connectivity index (χ4v) is 9.94. The summed E-state index contributed by atoms with van der Waals surface area (Å²) in [5, 5.41) is 11.9. The van der Waals surface area contributed by atoms with Gasteiger partial charge in [0.1, 0.15) is 0 Å². The maximum absolute atomic E-state index is 14.5. The molecule has 0 aromatic heterocycles. The number of carbonyl (C=O) groups is 1. The minimum atomic E-state index is -0.615. The SMILES string of the molecule is CCCCCCCCCCC(CCCCCCCCCC)([C](CCCC)CCCC)C(CCCCCCCCCC)(CCCCCCCCCC)C(=O)O. The van der Waals surface area contributed by atoms with Crippen molar-refractivity contribution in [3.05, 3.63) is 5.92 Å². The lowest BCUT2D eigenvalue weighted by Crippen LogP contribution is -2.52. The first kappa shape index (κ1) is 53.5. The molecule has 0 aliphatic heterocycles. The lowest BCUT2D eigenvalue weighted by atomic mass is 9.48. The average molecular weight is 760 g/mol. The molecular weight excluding hydrogens is 657 g/mol. The molecule has 0 fully saturated rings. The van der Waals surface area contributed by atoms with Gasteiger partial charge in [0.15, 0.2) is 0 Å². The highest BCUT2D eigenvalue weighted by Gasteiger charge is 2.57. The first-order valence-corrected chi connectivity index (χ1v) is 25.5. The summed E-state index contributed by atoms with van der Waals surface area (Å²) in [5.41, 5.74) is -0.771. The molecule has 0 amide bonds. The Labute approximate surface area is 342 Å². The van der Waals surface area contributed by atoms with Gasteiger partial charge < -0.3 is 5.11 Å². The van der Waals surface area contributed by atoms with Crippen LogP contribution in [-0.2, 0) is 4.79 Å². The van der Waals surface area contributed by atoms with Crippen LogP contribution in [0.1, 0.15) is 311 Å². The molecule has 0 aromatic rings. The van der Waals surface area contributed by atoms with Crippen LogP contribution >= 0.6 is 0 Å². The molecule has 2 heteroatoms. The fourth-order valence-electron chi connectivity index (χ4n) is 9.94. The highest BCUT2D eigenvalue weighted by Crippen LogP contribution is 2.61. The van der Waals surface area contributed by atoms with E-state index in [1.807, 2.05) is 0 Å². The topological polar surface area (TPSA) is 37.3 Å². The van der Waals surface area contributed by atoms with E-state index in [-0.39, 0.29) is 5.41 Å². The van der Waals surface area contributed by atoms with Gasteiger partial charge in [-0.3, -0.25) is 4.79 Å². The molecule has 0 aliphatic carbocycles. The van der Waals surface area contributed by atoms with Crippen LogP contribution in [-0.4, -0.2) is 11.1 Å². The number of rotatable bonds is 45. The Morgan fingerprint density at radius 1 is 0.296 bits per heavy atom. The van der Waals surface area contributed by atoms with E-state index in [9.17, 15) is 9.90 Å². The Bertz CT molecular complexity index is 709. The Morgan fingerprint density at radius 3 is 0.722 bits per heavy atom. The number of unbranched alkanes of at least 4 members (excludes halogenated alkanes) is 30. The Balaban J connectivity index is 6.65. The quantitative estimate of drug-likeness (QED) is 0.0628. The molecule has 0 saturated carbocycles. The maximum Gasteiger partial charge on any atom is 0.310 e. The lowest BCUT2D eigenvalue weighted by Gasteiger charge is -2.54. The van der Waals surface area contributed by atoms with E-state index >= 15 is 0 Å². The van der Waals surface area contributed by atoms with Crippen molar-refractivity contribution in [1.29, 1.82) is 0 Å². The smallest absolute Gasteiger partial charge is 0.310 e. The molecule has 54 heavy (non-hydrogen) atoms. The standard InChI is InChI=1S/C52H103O2/c1-7-13-19-23-27-31-35-39-45-51(49(43-17-11-5)44-18-12-6,46-40-36-32-28-24-20-14-8-2)52(50(53)54,47-41-37-33-29-25-21-15-9-3)48-42-38-34-30-26-22-16-10-4/h7-48H2,1-6H3,(H,53,54). The van der Waals surface area contributed by atoms with Gasteiger partial charge in [-0.25, -0.2) is 0 Å². The van der Waals surface area contributed by atoms with Crippen LogP contribution in [0.25, 0.3) is 0 Å². The van der Waals surface area contributed by atoms with Crippen molar-refractivity contribution in [2.24, 2.45) is 10.8 Å². The zero-order valence-electron chi connectivity index (χ0n) is 38.6. The predicted octanol–water partition coefficient (Wildman–Crippen LogP) is 19.1. The van der Waals surface area contributed by atoms with Crippen molar-refractivity contribution in [1.82, 2.24) is 0 Å². The van der Waals surface area contributed by atoms with Crippen molar-refractivity contribution in [3.8, 4) is 0 Å². The third-order valence-electron chi connectivity index (χ3n) is 13.5. The van der Waals surface area contributed by atoms with Crippen molar-refractivity contribution >= 4 is 5.97 Å². The lowest BCUT2D eigenvalue weighted by molar-refractivity contribution is -0.162. The second-order valence-corrected chi connectivity index (χ2v) is 18.2. The Morgan fingerprint density at radius 2 is 0.500 bits per heavy atom. The monoisotopic (exact) mass is 760 g/mol. The Kier molecular flexibility index (Phi) is 38.9. The molecule has 0 heterocycles. The van der Waals surface area contributed by atoms with Crippen LogP contribution in [0.4, 0.5) is 0 Å². The fraction of sp³-hybridized carbons (Fsp3) is 0.962. The van der Waals surface area contributed by atoms with Gasteiger partial charge in [-0.2, -0.15) is 0 Å². The van der Waals surface area contributed by atoms with Crippen molar-refractivity contribution in [2.45, 2.75) is 311 Å². The first-order chi connectivity index (χ1) is 26.5. The van der Waals surface area contributed by atoms with Crippen LogP contribution in [0.3, 0.4) is 0 Å². The van der Waals surface area contributed by atoms with E-state index in [0.29, 0.717) is 0 Å².